The highest BCUT2D eigenvalue weighted by Gasteiger charge is 2.34. The van der Waals surface area contributed by atoms with Crippen molar-refractivity contribution < 1.29 is 14.3 Å². The zero-order chi connectivity index (χ0) is 24.6. The average Bonchev–Trinajstić information content (AvgIpc) is 3.43. The summed E-state index contributed by atoms with van der Waals surface area (Å²) in [5.41, 5.74) is 2.85. The second-order valence-corrected chi connectivity index (χ2v) is 9.60. The Balaban J connectivity index is 1.32. The van der Waals surface area contributed by atoms with Crippen LogP contribution in [0.5, 0.6) is 0 Å². The molecule has 2 amide bonds. The lowest BCUT2D eigenvalue weighted by atomic mass is 10.0. The zero-order valence-corrected chi connectivity index (χ0v) is 20.2. The molecule has 10 nitrogen and oxygen atoms in total. The van der Waals surface area contributed by atoms with Crippen LogP contribution in [0.3, 0.4) is 0 Å². The predicted octanol–water partition coefficient (Wildman–Crippen LogP) is 2.59. The number of carbonyl (C=O) groups is 2. The maximum atomic E-state index is 13.0. The molecular formula is C25H29N7O3. The van der Waals surface area contributed by atoms with Crippen LogP contribution >= 0.6 is 0 Å². The number of anilines is 1. The lowest BCUT2D eigenvalue weighted by Gasteiger charge is -2.29. The summed E-state index contributed by atoms with van der Waals surface area (Å²) < 4.78 is 7.15. The van der Waals surface area contributed by atoms with Gasteiger partial charge in [0, 0.05) is 38.4 Å². The van der Waals surface area contributed by atoms with Gasteiger partial charge in [-0.2, -0.15) is 0 Å². The molecule has 0 unspecified atom stereocenters. The Bertz CT molecular complexity index is 1280. The monoisotopic (exact) mass is 475 g/mol. The lowest BCUT2D eigenvalue weighted by Crippen LogP contribution is -2.36. The molecule has 0 saturated heterocycles. The average molecular weight is 476 g/mol. The van der Waals surface area contributed by atoms with Crippen molar-refractivity contribution in [2.75, 3.05) is 25.6 Å². The summed E-state index contributed by atoms with van der Waals surface area (Å²) in [6.07, 6.45) is 4.67. The molecule has 0 radical (unpaired) electrons. The van der Waals surface area contributed by atoms with Crippen LogP contribution in [-0.2, 0) is 34.5 Å². The molecule has 3 aromatic heterocycles. The summed E-state index contributed by atoms with van der Waals surface area (Å²) in [5, 5.41) is 11.5. The van der Waals surface area contributed by atoms with Crippen molar-refractivity contribution in [1.82, 2.24) is 29.6 Å². The van der Waals surface area contributed by atoms with Crippen LogP contribution in [0.4, 0.5) is 5.82 Å². The van der Waals surface area contributed by atoms with Crippen molar-refractivity contribution in [1.29, 1.82) is 0 Å². The second kappa shape index (κ2) is 9.18. The van der Waals surface area contributed by atoms with Crippen LogP contribution in [0, 0.1) is 0 Å². The summed E-state index contributed by atoms with van der Waals surface area (Å²) in [4.78, 5) is 36.2. The molecule has 35 heavy (non-hydrogen) atoms. The van der Waals surface area contributed by atoms with Crippen LogP contribution in [-0.4, -0.2) is 61.7 Å². The Morgan fingerprint density at radius 3 is 2.86 bits per heavy atom. The maximum absolute atomic E-state index is 13.0. The number of pyridine rings is 2. The van der Waals surface area contributed by atoms with Gasteiger partial charge in [0.25, 0.3) is 5.91 Å². The van der Waals surface area contributed by atoms with Crippen LogP contribution in [0.2, 0.25) is 0 Å². The minimum Gasteiger partial charge on any atom is -0.384 e. The van der Waals surface area contributed by atoms with E-state index in [1.54, 1.807) is 30.3 Å². The Morgan fingerprint density at radius 2 is 2.03 bits per heavy atom. The Labute approximate surface area is 203 Å². The smallest absolute Gasteiger partial charge is 0.275 e. The standard InChI is InChI=1S/C25H29N7O3/c1-25(2)10-7-21-29-30-23(32(21)25)18-5-4-6-20(27-18)28-24(34)19-13-17-15-31(22(33)9-12-35-3)11-8-16(17)14-26-19/h4-6,13-14H,7-12,15H2,1-3H3,(H,27,28,34). The number of aromatic nitrogens is 5. The highest BCUT2D eigenvalue weighted by atomic mass is 16.5. The molecule has 5 rings (SSSR count). The fourth-order valence-corrected chi connectivity index (χ4v) is 4.74. The van der Waals surface area contributed by atoms with Gasteiger partial charge in [0.15, 0.2) is 5.82 Å². The first-order chi connectivity index (χ1) is 16.9. The third-order valence-electron chi connectivity index (χ3n) is 6.72. The van der Waals surface area contributed by atoms with Gasteiger partial charge >= 0.3 is 0 Å². The van der Waals surface area contributed by atoms with Crippen molar-refractivity contribution in [3.63, 3.8) is 0 Å². The van der Waals surface area contributed by atoms with Crippen molar-refractivity contribution >= 4 is 17.6 Å². The van der Waals surface area contributed by atoms with E-state index in [9.17, 15) is 9.59 Å². The highest BCUT2D eigenvalue weighted by Crippen LogP contribution is 2.34. The summed E-state index contributed by atoms with van der Waals surface area (Å²) in [5.74, 6) is 1.76. The largest absolute Gasteiger partial charge is 0.384 e. The summed E-state index contributed by atoms with van der Waals surface area (Å²) >= 11 is 0. The molecule has 0 fully saturated rings. The number of carbonyl (C=O) groups excluding carboxylic acids is 2. The number of ether oxygens (including phenoxy) is 1. The number of methoxy groups -OCH3 is 1. The lowest BCUT2D eigenvalue weighted by molar-refractivity contribution is -0.133. The molecule has 2 aliphatic heterocycles. The molecule has 2 aliphatic rings. The number of nitrogens with one attached hydrogen (secondary N) is 1. The topological polar surface area (TPSA) is 115 Å². The van der Waals surface area contributed by atoms with Crippen LogP contribution < -0.4 is 5.32 Å². The molecule has 0 aromatic carbocycles. The summed E-state index contributed by atoms with van der Waals surface area (Å²) in [6, 6.07) is 7.21. The fraction of sp³-hybridized carbons (Fsp3) is 0.440. The number of rotatable bonds is 6. The summed E-state index contributed by atoms with van der Waals surface area (Å²) in [6.45, 7) is 5.82. The van der Waals surface area contributed by atoms with Crippen molar-refractivity contribution in [3.05, 3.63) is 53.1 Å². The number of hydrogen-bond donors (Lipinski definition) is 1. The molecule has 0 saturated carbocycles. The minimum atomic E-state index is -0.355. The zero-order valence-electron chi connectivity index (χ0n) is 20.2. The van der Waals surface area contributed by atoms with Gasteiger partial charge in [-0.15, -0.1) is 10.2 Å². The van der Waals surface area contributed by atoms with E-state index in [-0.39, 0.29) is 23.0 Å². The summed E-state index contributed by atoms with van der Waals surface area (Å²) in [7, 11) is 1.58. The molecule has 10 heteroatoms. The number of amides is 2. The molecule has 0 aliphatic carbocycles. The van der Waals surface area contributed by atoms with Gasteiger partial charge in [-0.05, 0) is 56.0 Å². The SMILES string of the molecule is COCCC(=O)N1CCc2cnc(C(=O)Nc3cccc(-c4nnc5n4C(C)(C)CC5)n3)cc2C1. The van der Waals surface area contributed by atoms with E-state index in [2.05, 4.69) is 43.9 Å². The molecule has 0 bridgehead atoms. The van der Waals surface area contributed by atoms with E-state index in [0.29, 0.717) is 49.9 Å². The van der Waals surface area contributed by atoms with Crippen LogP contribution in [0.1, 0.15) is 54.1 Å². The molecule has 1 N–H and O–H groups in total. The van der Waals surface area contributed by atoms with E-state index in [1.807, 2.05) is 12.1 Å². The Hall–Kier alpha value is -3.66. The first kappa shape index (κ1) is 23.1. The van der Waals surface area contributed by atoms with E-state index >= 15 is 0 Å². The predicted molar refractivity (Wildman–Crippen MR) is 129 cm³/mol. The van der Waals surface area contributed by atoms with Gasteiger partial charge in [-0.3, -0.25) is 14.6 Å². The number of hydrogen-bond acceptors (Lipinski definition) is 7. The number of aryl methyl sites for hydroxylation is 1. The van der Waals surface area contributed by atoms with Crippen LogP contribution in [0.25, 0.3) is 11.5 Å². The van der Waals surface area contributed by atoms with Crippen molar-refractivity contribution in [2.24, 2.45) is 0 Å². The molecular weight excluding hydrogens is 446 g/mol. The third-order valence-corrected chi connectivity index (χ3v) is 6.72. The Morgan fingerprint density at radius 1 is 1.17 bits per heavy atom. The van der Waals surface area contributed by atoms with Gasteiger partial charge in [-0.25, -0.2) is 4.98 Å². The van der Waals surface area contributed by atoms with E-state index in [4.69, 9.17) is 4.74 Å². The van der Waals surface area contributed by atoms with Gasteiger partial charge in [-0.1, -0.05) is 6.07 Å². The molecule has 3 aromatic rings. The van der Waals surface area contributed by atoms with Gasteiger partial charge in [0.05, 0.1) is 13.0 Å². The van der Waals surface area contributed by atoms with E-state index in [1.165, 1.54) is 0 Å². The van der Waals surface area contributed by atoms with Gasteiger partial charge < -0.3 is 19.5 Å². The van der Waals surface area contributed by atoms with Crippen LogP contribution in [0.15, 0.2) is 30.5 Å². The second-order valence-electron chi connectivity index (χ2n) is 9.60. The molecule has 182 valence electrons. The first-order valence-electron chi connectivity index (χ1n) is 11.8. The van der Waals surface area contributed by atoms with Crippen molar-refractivity contribution in [3.8, 4) is 11.5 Å². The van der Waals surface area contributed by atoms with E-state index < -0.39 is 0 Å². The molecule has 0 atom stereocenters. The first-order valence-corrected chi connectivity index (χ1v) is 11.8. The molecule has 0 spiro atoms. The maximum Gasteiger partial charge on any atom is 0.275 e. The molecule has 5 heterocycles. The fourth-order valence-electron chi connectivity index (χ4n) is 4.74. The van der Waals surface area contributed by atoms with E-state index in [0.717, 1.165) is 29.8 Å². The normalized spacial score (nSPS) is 16.0. The quantitative estimate of drug-likeness (QED) is 0.583. The number of fused-ring (bicyclic) bond motifs is 2. The van der Waals surface area contributed by atoms with Gasteiger partial charge in [0.1, 0.15) is 23.0 Å². The van der Waals surface area contributed by atoms with Crippen molar-refractivity contribution in [2.45, 2.75) is 51.6 Å². The Kier molecular flexibility index (Phi) is 6.06. The third kappa shape index (κ3) is 4.53. The minimum absolute atomic E-state index is 0.0458. The highest BCUT2D eigenvalue weighted by molar-refractivity contribution is 6.02. The number of nitrogens with zero attached hydrogens (tertiary/aromatic N) is 6. The van der Waals surface area contributed by atoms with Gasteiger partial charge in [0.2, 0.25) is 5.91 Å².